The Hall–Kier alpha value is -1.31. The SMILES string of the molecule is CCCCCC1(CC)CCN(c2nc(OC3CCN(C)CC3)nc3c(OCC)c(Br)c(Cl)cc23)CC1. The van der Waals surface area contributed by atoms with Crippen LogP contribution in [0.4, 0.5) is 5.82 Å². The Morgan fingerprint density at radius 1 is 1.08 bits per heavy atom. The van der Waals surface area contributed by atoms with Gasteiger partial charge in [0.2, 0.25) is 0 Å². The van der Waals surface area contributed by atoms with E-state index >= 15 is 0 Å². The fraction of sp³-hybridized carbons (Fsp3) is 0.714. The number of rotatable bonds is 10. The van der Waals surface area contributed by atoms with Gasteiger partial charge in [-0.25, -0.2) is 0 Å². The molecule has 2 aliphatic rings. The van der Waals surface area contributed by atoms with Crippen LogP contribution >= 0.6 is 27.5 Å². The van der Waals surface area contributed by atoms with E-state index in [4.69, 9.17) is 31.0 Å². The lowest BCUT2D eigenvalue weighted by molar-refractivity contribution is 0.105. The molecular weight excluding hydrogens is 540 g/mol. The van der Waals surface area contributed by atoms with E-state index in [1.165, 1.54) is 44.9 Å². The van der Waals surface area contributed by atoms with Crippen LogP contribution in [0.25, 0.3) is 10.9 Å². The van der Waals surface area contributed by atoms with Crippen molar-refractivity contribution in [2.45, 2.75) is 84.7 Å². The van der Waals surface area contributed by atoms with Crippen molar-refractivity contribution < 1.29 is 9.47 Å². The lowest BCUT2D eigenvalue weighted by atomic mass is 9.72. The van der Waals surface area contributed by atoms with Gasteiger partial charge in [0.15, 0.2) is 5.75 Å². The lowest BCUT2D eigenvalue weighted by Gasteiger charge is -2.42. The van der Waals surface area contributed by atoms with E-state index in [1.807, 2.05) is 13.0 Å². The molecule has 0 bridgehead atoms. The monoisotopic (exact) mass is 580 g/mol. The van der Waals surface area contributed by atoms with Crippen molar-refractivity contribution in [3.63, 3.8) is 0 Å². The van der Waals surface area contributed by atoms with E-state index < -0.39 is 0 Å². The number of benzene rings is 1. The summed E-state index contributed by atoms with van der Waals surface area (Å²) in [7, 11) is 2.16. The predicted molar refractivity (Wildman–Crippen MR) is 153 cm³/mol. The van der Waals surface area contributed by atoms with Crippen LogP contribution < -0.4 is 14.4 Å². The fourth-order valence-corrected chi connectivity index (χ4v) is 6.30. The second-order valence-electron chi connectivity index (χ2n) is 10.6. The van der Waals surface area contributed by atoms with Gasteiger partial charge in [0.25, 0.3) is 0 Å². The number of hydrogen-bond acceptors (Lipinski definition) is 6. The standard InChI is InChI=1S/C28H42BrClN4O2/c1-5-8-9-12-28(6-2)13-17-34(18-14-28)26-21-19-22(30)23(29)25(35-7-3)24(21)31-27(32-26)36-20-10-15-33(4)16-11-20/h19-20H,5-18H2,1-4H3. The van der Waals surface area contributed by atoms with Gasteiger partial charge < -0.3 is 19.3 Å². The Balaban J connectivity index is 1.67. The topological polar surface area (TPSA) is 50.7 Å². The summed E-state index contributed by atoms with van der Waals surface area (Å²) >= 11 is 10.3. The number of anilines is 1. The van der Waals surface area contributed by atoms with Gasteiger partial charge in [-0.1, -0.05) is 51.1 Å². The molecule has 2 saturated heterocycles. The van der Waals surface area contributed by atoms with Gasteiger partial charge in [-0.15, -0.1) is 0 Å². The van der Waals surface area contributed by atoms with Crippen molar-refractivity contribution in [2.75, 3.05) is 44.7 Å². The number of halogens is 2. The van der Waals surface area contributed by atoms with Crippen LogP contribution in [0.5, 0.6) is 11.8 Å². The molecule has 1 aromatic carbocycles. The predicted octanol–water partition coefficient (Wildman–Crippen LogP) is 7.49. The summed E-state index contributed by atoms with van der Waals surface area (Å²) in [6, 6.07) is 2.42. The smallest absolute Gasteiger partial charge is 0.319 e. The van der Waals surface area contributed by atoms with Crippen molar-refractivity contribution in [2.24, 2.45) is 5.41 Å². The zero-order valence-electron chi connectivity index (χ0n) is 22.4. The Kier molecular flexibility index (Phi) is 9.62. The third-order valence-electron chi connectivity index (χ3n) is 8.21. The Bertz CT molecular complexity index is 1020. The highest BCUT2D eigenvalue weighted by Gasteiger charge is 2.34. The van der Waals surface area contributed by atoms with Gasteiger partial charge in [0, 0.05) is 31.6 Å². The van der Waals surface area contributed by atoms with E-state index in [1.54, 1.807) is 0 Å². The summed E-state index contributed by atoms with van der Waals surface area (Å²) in [6.45, 7) is 11.2. The zero-order valence-corrected chi connectivity index (χ0v) is 24.8. The molecule has 0 radical (unpaired) electrons. The first-order valence-corrected chi connectivity index (χ1v) is 15.0. The average Bonchev–Trinajstić information content (AvgIpc) is 2.89. The first-order valence-electron chi connectivity index (χ1n) is 13.8. The molecule has 0 saturated carbocycles. The lowest BCUT2D eigenvalue weighted by Crippen LogP contribution is -2.40. The molecule has 8 heteroatoms. The number of nitrogens with zero attached hydrogens (tertiary/aromatic N) is 4. The number of likely N-dealkylation sites (tertiary alicyclic amines) is 1. The molecular formula is C28H42BrClN4O2. The highest BCUT2D eigenvalue weighted by atomic mass is 79.9. The number of unbranched alkanes of at least 4 members (excludes halogenated alkanes) is 2. The van der Waals surface area contributed by atoms with E-state index in [-0.39, 0.29) is 6.10 Å². The van der Waals surface area contributed by atoms with Gasteiger partial charge in [-0.3, -0.25) is 0 Å². The van der Waals surface area contributed by atoms with E-state index in [9.17, 15) is 0 Å². The van der Waals surface area contributed by atoms with Gasteiger partial charge in [0.05, 0.1) is 16.1 Å². The number of piperidine rings is 2. The van der Waals surface area contributed by atoms with Gasteiger partial charge in [-0.2, -0.15) is 9.97 Å². The maximum Gasteiger partial charge on any atom is 0.319 e. The van der Waals surface area contributed by atoms with Gasteiger partial charge in [0.1, 0.15) is 17.4 Å². The molecule has 36 heavy (non-hydrogen) atoms. The summed E-state index contributed by atoms with van der Waals surface area (Å²) in [4.78, 5) is 14.6. The maximum atomic E-state index is 6.65. The minimum Gasteiger partial charge on any atom is -0.490 e. The quantitative estimate of drug-likeness (QED) is 0.271. The number of hydrogen-bond donors (Lipinski definition) is 0. The van der Waals surface area contributed by atoms with E-state index in [2.05, 4.69) is 46.6 Å². The molecule has 0 amide bonds. The number of fused-ring (bicyclic) bond motifs is 1. The molecule has 2 aliphatic heterocycles. The summed E-state index contributed by atoms with van der Waals surface area (Å²) in [6.07, 6.45) is 11.0. The molecule has 0 N–H and O–H groups in total. The minimum atomic E-state index is 0.130. The second-order valence-corrected chi connectivity index (χ2v) is 11.8. The minimum absolute atomic E-state index is 0.130. The third-order valence-corrected chi connectivity index (χ3v) is 9.52. The molecule has 200 valence electrons. The van der Waals surface area contributed by atoms with Crippen LogP contribution in [0.3, 0.4) is 0 Å². The Morgan fingerprint density at radius 2 is 1.81 bits per heavy atom. The molecule has 0 unspecified atom stereocenters. The molecule has 0 atom stereocenters. The Morgan fingerprint density at radius 3 is 2.44 bits per heavy atom. The molecule has 6 nitrogen and oxygen atoms in total. The van der Waals surface area contributed by atoms with Crippen LogP contribution in [0.2, 0.25) is 5.02 Å². The van der Waals surface area contributed by atoms with E-state index in [0.717, 1.165) is 60.2 Å². The van der Waals surface area contributed by atoms with Crippen molar-refractivity contribution in [3.8, 4) is 11.8 Å². The first kappa shape index (κ1) is 27.7. The van der Waals surface area contributed by atoms with Gasteiger partial charge >= 0.3 is 6.01 Å². The summed E-state index contributed by atoms with van der Waals surface area (Å²) < 4.78 is 13.2. The van der Waals surface area contributed by atoms with Gasteiger partial charge in [-0.05, 0) is 73.5 Å². The normalized spacial score (nSPS) is 19.1. The summed E-state index contributed by atoms with van der Waals surface area (Å²) in [5.41, 5.74) is 1.20. The van der Waals surface area contributed by atoms with Crippen molar-refractivity contribution >= 4 is 44.3 Å². The zero-order chi connectivity index (χ0) is 25.7. The van der Waals surface area contributed by atoms with Crippen LogP contribution in [0.15, 0.2) is 10.5 Å². The highest BCUT2D eigenvalue weighted by molar-refractivity contribution is 9.10. The van der Waals surface area contributed by atoms with Crippen LogP contribution in [0, 0.1) is 5.41 Å². The number of ether oxygens (including phenoxy) is 2. The van der Waals surface area contributed by atoms with Crippen molar-refractivity contribution in [1.29, 1.82) is 0 Å². The van der Waals surface area contributed by atoms with Crippen LogP contribution in [-0.4, -0.2) is 60.8 Å². The van der Waals surface area contributed by atoms with E-state index in [0.29, 0.717) is 28.8 Å². The first-order chi connectivity index (χ1) is 17.4. The van der Waals surface area contributed by atoms with Crippen molar-refractivity contribution in [1.82, 2.24) is 14.9 Å². The van der Waals surface area contributed by atoms with Crippen molar-refractivity contribution in [3.05, 3.63) is 15.6 Å². The molecule has 1 aromatic heterocycles. The largest absolute Gasteiger partial charge is 0.490 e. The summed E-state index contributed by atoms with van der Waals surface area (Å²) in [5.74, 6) is 1.58. The Labute approximate surface area is 230 Å². The maximum absolute atomic E-state index is 6.65. The molecule has 2 aromatic rings. The third kappa shape index (κ3) is 6.21. The molecule has 0 aliphatic carbocycles. The average molecular weight is 582 g/mol. The molecule has 2 fully saturated rings. The molecule has 4 rings (SSSR count). The molecule has 3 heterocycles. The summed E-state index contributed by atoms with van der Waals surface area (Å²) in [5, 5.41) is 1.54. The van der Waals surface area contributed by atoms with Crippen LogP contribution in [-0.2, 0) is 0 Å². The molecule has 0 spiro atoms. The van der Waals surface area contributed by atoms with Crippen LogP contribution in [0.1, 0.15) is 78.6 Å². The fourth-order valence-electron chi connectivity index (χ4n) is 5.69. The highest BCUT2D eigenvalue weighted by Crippen LogP contribution is 2.45. The number of aromatic nitrogens is 2. The second kappa shape index (κ2) is 12.5.